The minimum absolute atomic E-state index is 0.00873. The molecule has 5 saturated carbocycles. The lowest BCUT2D eigenvalue weighted by Gasteiger charge is -2.63. The van der Waals surface area contributed by atoms with Gasteiger partial charge in [-0.15, -0.1) is 0 Å². The van der Waals surface area contributed by atoms with Crippen LogP contribution in [0.25, 0.3) is 0 Å². The van der Waals surface area contributed by atoms with Gasteiger partial charge in [-0.2, -0.15) is 0 Å². The third-order valence-electron chi connectivity index (χ3n) is 20.4. The molecule has 2 spiro atoms. The van der Waals surface area contributed by atoms with E-state index in [1.165, 1.54) is 6.92 Å². The molecule has 13 N–H and O–H groups in total. The Morgan fingerprint density at radius 2 is 1.17 bits per heavy atom. The van der Waals surface area contributed by atoms with Crippen LogP contribution in [0.4, 0.5) is 0 Å². The maximum Gasteiger partial charge on any atom is 0.303 e. The molecule has 21 heteroatoms. The number of aliphatic hydroxyl groups is 13. The average Bonchev–Trinajstić information content (AvgIpc) is 3.94. The Morgan fingerprint density at radius 3 is 1.73 bits per heavy atom. The molecule has 8 fully saturated rings. The number of carbonyl (C=O) groups excluding carboxylic acids is 1. The second kappa shape index (κ2) is 20.3. The summed E-state index contributed by atoms with van der Waals surface area (Å²) in [5, 5.41) is 139. The minimum Gasteiger partial charge on any atom is -0.460 e. The number of fused-ring (bicyclic) bond motifs is 2. The molecule has 71 heavy (non-hydrogen) atoms. The van der Waals surface area contributed by atoms with E-state index in [4.69, 9.17) is 33.2 Å². The molecule has 5 aliphatic carbocycles. The number of hydrogen-bond donors (Lipinski definition) is 13. The molecule has 0 aromatic rings. The monoisotopic (exact) mass is 1020 g/mol. The molecule has 0 radical (unpaired) electrons. The van der Waals surface area contributed by atoms with Gasteiger partial charge in [0.15, 0.2) is 18.9 Å². The fraction of sp³-hybridized carbons (Fsp3) is 0.980. The Bertz CT molecular complexity index is 1860. The first-order valence-corrected chi connectivity index (χ1v) is 25.9. The molecule has 27 unspecified atom stereocenters. The van der Waals surface area contributed by atoms with Gasteiger partial charge in [0.1, 0.15) is 85.0 Å². The van der Waals surface area contributed by atoms with Gasteiger partial charge in [-0.25, -0.2) is 0 Å². The zero-order valence-electron chi connectivity index (χ0n) is 42.2. The summed E-state index contributed by atoms with van der Waals surface area (Å²) in [5.41, 5.74) is -2.58. The largest absolute Gasteiger partial charge is 0.460 e. The number of hydrogen-bond acceptors (Lipinski definition) is 21. The van der Waals surface area contributed by atoms with Gasteiger partial charge in [-0.1, -0.05) is 27.7 Å². The normalized spacial score (nSPS) is 52.6. The topological polar surface area (TPSA) is 345 Å². The Labute approximate surface area is 415 Å². The molecule has 410 valence electrons. The molecule has 3 aliphatic heterocycles. The van der Waals surface area contributed by atoms with E-state index in [2.05, 4.69) is 20.8 Å². The summed E-state index contributed by atoms with van der Waals surface area (Å²) in [6, 6.07) is 0. The second-order valence-corrected chi connectivity index (χ2v) is 24.2. The Balaban J connectivity index is 0.928. The van der Waals surface area contributed by atoms with Gasteiger partial charge >= 0.3 is 5.97 Å². The summed E-state index contributed by atoms with van der Waals surface area (Å²) in [7, 11) is 0. The SMILES string of the molecule is CC(=O)OC(CCC(C)C1C(O)CC2(C)C3CCC4C(C)(CO)C(OC5OC(CO)C(O)C(O)C5O)CCC45CC35CCC12C)C(C)(C)OC1OC(CO)C(OC2OC(CO)C(O)C(O)C2O)C(O)C1O. The molecule has 0 aromatic heterocycles. The van der Waals surface area contributed by atoms with E-state index < -0.39 is 147 Å². The van der Waals surface area contributed by atoms with Crippen molar-refractivity contribution in [1.29, 1.82) is 0 Å². The molecule has 8 rings (SSSR count). The molecule has 0 amide bonds. The lowest BCUT2D eigenvalue weighted by molar-refractivity contribution is -0.370. The smallest absolute Gasteiger partial charge is 0.303 e. The van der Waals surface area contributed by atoms with Crippen LogP contribution in [-0.2, 0) is 38.0 Å². The van der Waals surface area contributed by atoms with Crippen molar-refractivity contribution >= 4 is 5.97 Å². The predicted octanol–water partition coefficient (Wildman–Crippen LogP) is -1.68. The fourth-order valence-corrected chi connectivity index (χ4v) is 16.4. The summed E-state index contributed by atoms with van der Waals surface area (Å²) in [4.78, 5) is 12.7. The quantitative estimate of drug-likeness (QED) is 0.0607. The van der Waals surface area contributed by atoms with E-state index in [1.54, 1.807) is 13.8 Å². The van der Waals surface area contributed by atoms with Gasteiger partial charge in [0.2, 0.25) is 0 Å². The first-order chi connectivity index (χ1) is 33.3. The van der Waals surface area contributed by atoms with Crippen LogP contribution in [0.15, 0.2) is 0 Å². The standard InChI is InChI=1S/C50H84O21/c1-22(8-11-30(65-23(2)55)45(3,4)71-44-40(64)37(61)41(27(19-53)68-44)70-43-39(63)36(60)34(58)26(18-52)67-43)32-24(56)16-48(7)29-10-9-28-46(5,21-54)31(69-42-38(62)35(59)33(57)25(17-51)66-42)12-13-49(28)20-50(29,49)15-14-47(32,48)6/h22,24-44,51-54,56-64H,8-21H2,1-7H3. The van der Waals surface area contributed by atoms with Gasteiger partial charge in [-0.3, -0.25) is 4.79 Å². The van der Waals surface area contributed by atoms with Crippen molar-refractivity contribution < 1.29 is 104 Å². The van der Waals surface area contributed by atoms with E-state index >= 15 is 0 Å². The van der Waals surface area contributed by atoms with Crippen molar-refractivity contribution in [2.24, 2.45) is 50.7 Å². The van der Waals surface area contributed by atoms with Crippen LogP contribution in [0.2, 0.25) is 0 Å². The van der Waals surface area contributed by atoms with E-state index in [0.29, 0.717) is 31.6 Å². The van der Waals surface area contributed by atoms with Gasteiger partial charge in [-0.05, 0) is 123 Å². The molecular formula is C50H84O21. The summed E-state index contributed by atoms with van der Waals surface area (Å²) in [5.74, 6) is -0.319. The van der Waals surface area contributed by atoms with Gasteiger partial charge in [0, 0.05) is 12.3 Å². The molecule has 0 aromatic carbocycles. The van der Waals surface area contributed by atoms with Crippen LogP contribution < -0.4 is 0 Å². The van der Waals surface area contributed by atoms with Crippen molar-refractivity contribution in [2.45, 2.75) is 229 Å². The van der Waals surface area contributed by atoms with Crippen LogP contribution in [-0.4, -0.2) is 215 Å². The zero-order chi connectivity index (χ0) is 52.1. The van der Waals surface area contributed by atoms with Crippen molar-refractivity contribution in [3.05, 3.63) is 0 Å². The Kier molecular flexibility index (Phi) is 16.0. The summed E-state index contributed by atoms with van der Waals surface area (Å²) >= 11 is 0. The highest BCUT2D eigenvalue weighted by Crippen LogP contribution is 2.89. The second-order valence-electron chi connectivity index (χ2n) is 24.2. The fourth-order valence-electron chi connectivity index (χ4n) is 16.4. The number of aliphatic hydroxyl groups excluding tert-OH is 13. The summed E-state index contributed by atoms with van der Waals surface area (Å²) in [6.07, 6.45) is -17.9. The molecule has 8 aliphatic rings. The maximum atomic E-state index is 12.7. The van der Waals surface area contributed by atoms with E-state index in [1.807, 2.05) is 6.92 Å². The molecular weight excluding hydrogens is 937 g/mol. The van der Waals surface area contributed by atoms with E-state index in [-0.39, 0.29) is 46.0 Å². The first-order valence-electron chi connectivity index (χ1n) is 25.9. The molecule has 3 heterocycles. The van der Waals surface area contributed by atoms with Crippen molar-refractivity contribution in [3.63, 3.8) is 0 Å². The summed E-state index contributed by atoms with van der Waals surface area (Å²) in [6.45, 7) is 11.2. The van der Waals surface area contributed by atoms with E-state index in [0.717, 1.165) is 38.5 Å². The lowest BCUT2D eigenvalue weighted by atomic mass is 9.41. The highest BCUT2D eigenvalue weighted by Gasteiger charge is 2.83. The molecule has 27 atom stereocenters. The van der Waals surface area contributed by atoms with Gasteiger partial charge in [0.05, 0.1) is 38.6 Å². The molecule has 3 saturated heterocycles. The number of ether oxygens (including phenoxy) is 7. The Hall–Kier alpha value is -1.29. The average molecular weight is 1020 g/mol. The lowest BCUT2D eigenvalue weighted by Crippen LogP contribution is -2.65. The van der Waals surface area contributed by atoms with Crippen molar-refractivity contribution in [2.75, 3.05) is 26.4 Å². The third-order valence-corrected chi connectivity index (χ3v) is 20.4. The predicted molar refractivity (Wildman–Crippen MR) is 244 cm³/mol. The van der Waals surface area contributed by atoms with Crippen molar-refractivity contribution in [3.8, 4) is 0 Å². The minimum atomic E-state index is -1.83. The zero-order valence-corrected chi connectivity index (χ0v) is 42.2. The van der Waals surface area contributed by atoms with Crippen LogP contribution >= 0.6 is 0 Å². The van der Waals surface area contributed by atoms with Gasteiger partial charge < -0.3 is 99.5 Å². The van der Waals surface area contributed by atoms with Crippen molar-refractivity contribution in [1.82, 2.24) is 0 Å². The highest BCUT2D eigenvalue weighted by atomic mass is 16.8. The van der Waals surface area contributed by atoms with Gasteiger partial charge in [0.25, 0.3) is 0 Å². The van der Waals surface area contributed by atoms with E-state index in [9.17, 15) is 71.2 Å². The van der Waals surface area contributed by atoms with Crippen LogP contribution in [0.5, 0.6) is 0 Å². The first kappa shape index (κ1) is 55.9. The maximum absolute atomic E-state index is 12.7. The van der Waals surface area contributed by atoms with Crippen LogP contribution in [0.3, 0.4) is 0 Å². The van der Waals surface area contributed by atoms with Crippen LogP contribution in [0, 0.1) is 50.7 Å². The number of carbonyl (C=O) groups is 1. The molecule has 0 bridgehead atoms. The third kappa shape index (κ3) is 8.96. The van der Waals surface area contributed by atoms with Crippen LogP contribution in [0.1, 0.15) is 113 Å². The number of esters is 1. The molecule has 21 nitrogen and oxygen atoms in total. The summed E-state index contributed by atoms with van der Waals surface area (Å²) < 4.78 is 41.4. The highest BCUT2D eigenvalue weighted by molar-refractivity contribution is 5.66. The Morgan fingerprint density at radius 1 is 0.634 bits per heavy atom. The number of rotatable bonds is 16.